The van der Waals surface area contributed by atoms with Crippen LogP contribution < -0.4 is 5.32 Å². The molecular formula is C6H9F3N2O. The highest BCUT2D eigenvalue weighted by molar-refractivity contribution is 5.82. The van der Waals surface area contributed by atoms with E-state index in [0.717, 1.165) is 4.90 Å². The van der Waals surface area contributed by atoms with Gasteiger partial charge < -0.3 is 10.2 Å². The zero-order valence-electron chi connectivity index (χ0n) is 6.48. The van der Waals surface area contributed by atoms with E-state index in [9.17, 15) is 18.0 Å². The molecule has 1 N–H and O–H groups in total. The summed E-state index contributed by atoms with van der Waals surface area (Å²) in [6, 6.07) is 0.0105. The minimum absolute atomic E-state index is 0.0105. The number of nitrogens with one attached hydrogen (secondary N) is 1. The van der Waals surface area contributed by atoms with E-state index >= 15 is 0 Å². The van der Waals surface area contributed by atoms with Crippen molar-refractivity contribution < 1.29 is 18.0 Å². The molecule has 1 heterocycles. The standard InChI is InChI=1S/C6H9F3N2O/c1-10-4-2-11(3-4)5(12)6(7,8)9/h4,10H,2-3H2,1H3. The molecular weight excluding hydrogens is 173 g/mol. The van der Waals surface area contributed by atoms with Gasteiger partial charge in [0, 0.05) is 19.1 Å². The predicted molar refractivity (Wildman–Crippen MR) is 35.5 cm³/mol. The molecule has 6 heteroatoms. The van der Waals surface area contributed by atoms with Crippen molar-refractivity contribution in [2.75, 3.05) is 20.1 Å². The first-order valence-corrected chi connectivity index (χ1v) is 3.48. The molecule has 0 aliphatic carbocycles. The van der Waals surface area contributed by atoms with Gasteiger partial charge in [-0.25, -0.2) is 0 Å². The number of amides is 1. The average Bonchev–Trinajstić information content (AvgIpc) is 1.83. The van der Waals surface area contributed by atoms with Crippen LogP contribution in [0.15, 0.2) is 0 Å². The molecule has 0 aromatic rings. The Balaban J connectivity index is 2.39. The fourth-order valence-corrected chi connectivity index (χ4v) is 1.01. The van der Waals surface area contributed by atoms with Crippen molar-refractivity contribution in [3.63, 3.8) is 0 Å². The summed E-state index contributed by atoms with van der Waals surface area (Å²) >= 11 is 0. The zero-order chi connectivity index (χ0) is 9.35. The van der Waals surface area contributed by atoms with Crippen molar-refractivity contribution in [1.29, 1.82) is 0 Å². The number of hydrogen-bond donors (Lipinski definition) is 1. The third-order valence-electron chi connectivity index (χ3n) is 1.82. The van der Waals surface area contributed by atoms with Crippen molar-refractivity contribution in [1.82, 2.24) is 10.2 Å². The summed E-state index contributed by atoms with van der Waals surface area (Å²) in [6.45, 7) is 0.295. The third kappa shape index (κ3) is 1.69. The molecule has 70 valence electrons. The lowest BCUT2D eigenvalue weighted by Crippen LogP contribution is -2.61. The Bertz CT molecular complexity index is 186. The number of carbonyl (C=O) groups is 1. The van der Waals surface area contributed by atoms with Crippen LogP contribution in [0.5, 0.6) is 0 Å². The van der Waals surface area contributed by atoms with E-state index < -0.39 is 12.1 Å². The average molecular weight is 182 g/mol. The Morgan fingerprint density at radius 2 is 2.00 bits per heavy atom. The predicted octanol–water partition coefficient (Wildman–Crippen LogP) is -0.0211. The van der Waals surface area contributed by atoms with Gasteiger partial charge in [-0.1, -0.05) is 0 Å². The summed E-state index contributed by atoms with van der Waals surface area (Å²) < 4.78 is 35.2. The van der Waals surface area contributed by atoms with Crippen molar-refractivity contribution in [3.8, 4) is 0 Å². The molecule has 3 nitrogen and oxygen atoms in total. The van der Waals surface area contributed by atoms with Gasteiger partial charge in [0.1, 0.15) is 0 Å². The highest BCUT2D eigenvalue weighted by atomic mass is 19.4. The van der Waals surface area contributed by atoms with Crippen LogP contribution in [0.25, 0.3) is 0 Å². The number of carbonyl (C=O) groups excluding carboxylic acids is 1. The summed E-state index contributed by atoms with van der Waals surface area (Å²) in [5, 5.41) is 2.78. The van der Waals surface area contributed by atoms with Gasteiger partial charge in [-0.3, -0.25) is 4.79 Å². The van der Waals surface area contributed by atoms with Crippen LogP contribution in [0, 0.1) is 0 Å². The highest BCUT2D eigenvalue weighted by Crippen LogP contribution is 2.21. The first kappa shape index (κ1) is 9.31. The van der Waals surface area contributed by atoms with Gasteiger partial charge in [0.05, 0.1) is 0 Å². The second-order valence-electron chi connectivity index (χ2n) is 2.69. The van der Waals surface area contributed by atoms with Crippen molar-refractivity contribution in [2.24, 2.45) is 0 Å². The number of rotatable bonds is 1. The first-order chi connectivity index (χ1) is 5.45. The van der Waals surface area contributed by atoms with Gasteiger partial charge >= 0.3 is 12.1 Å². The smallest absolute Gasteiger partial charge is 0.332 e. The lowest BCUT2D eigenvalue weighted by Gasteiger charge is -2.39. The highest BCUT2D eigenvalue weighted by Gasteiger charge is 2.46. The Labute approximate surface area is 67.5 Å². The molecule has 0 unspecified atom stereocenters. The number of alkyl halides is 3. The lowest BCUT2D eigenvalue weighted by molar-refractivity contribution is -0.190. The van der Waals surface area contributed by atoms with Crippen LogP contribution in [-0.4, -0.2) is 43.2 Å². The Morgan fingerprint density at radius 3 is 2.33 bits per heavy atom. The quantitative estimate of drug-likeness (QED) is 0.618. The summed E-state index contributed by atoms with van der Waals surface area (Å²) in [6.07, 6.45) is -4.72. The van der Waals surface area contributed by atoms with E-state index in [1.165, 1.54) is 0 Å². The molecule has 0 aromatic heterocycles. The second-order valence-corrected chi connectivity index (χ2v) is 2.69. The number of likely N-dealkylation sites (tertiary alicyclic amines) is 1. The van der Waals surface area contributed by atoms with E-state index in [1.807, 2.05) is 0 Å². The van der Waals surface area contributed by atoms with Gasteiger partial charge in [-0.15, -0.1) is 0 Å². The van der Waals surface area contributed by atoms with Gasteiger partial charge in [0.25, 0.3) is 0 Å². The second kappa shape index (κ2) is 2.93. The van der Waals surface area contributed by atoms with Crippen LogP contribution in [0.2, 0.25) is 0 Å². The van der Waals surface area contributed by atoms with E-state index in [0.29, 0.717) is 0 Å². The van der Waals surface area contributed by atoms with Crippen molar-refractivity contribution in [2.45, 2.75) is 12.2 Å². The van der Waals surface area contributed by atoms with E-state index in [2.05, 4.69) is 5.32 Å². The fraction of sp³-hybridized carbons (Fsp3) is 0.833. The Hall–Kier alpha value is -0.780. The third-order valence-corrected chi connectivity index (χ3v) is 1.82. The van der Waals surface area contributed by atoms with Crippen molar-refractivity contribution in [3.05, 3.63) is 0 Å². The van der Waals surface area contributed by atoms with Crippen LogP contribution in [0.3, 0.4) is 0 Å². The fourth-order valence-electron chi connectivity index (χ4n) is 1.01. The first-order valence-electron chi connectivity index (χ1n) is 3.48. The number of nitrogens with zero attached hydrogens (tertiary/aromatic N) is 1. The normalized spacial score (nSPS) is 19.2. The molecule has 1 fully saturated rings. The van der Waals surface area contributed by atoms with Gasteiger partial charge in [0.15, 0.2) is 0 Å². The van der Waals surface area contributed by atoms with E-state index in [-0.39, 0.29) is 19.1 Å². The minimum atomic E-state index is -4.72. The Kier molecular flexibility index (Phi) is 2.27. The number of likely N-dealkylation sites (N-methyl/N-ethyl adjacent to an activating group) is 1. The maximum absolute atomic E-state index is 11.7. The molecule has 0 radical (unpaired) electrons. The van der Waals surface area contributed by atoms with Crippen LogP contribution in [0.1, 0.15) is 0 Å². The lowest BCUT2D eigenvalue weighted by atomic mass is 10.1. The van der Waals surface area contributed by atoms with Gasteiger partial charge in [0.2, 0.25) is 0 Å². The van der Waals surface area contributed by atoms with Gasteiger partial charge in [-0.05, 0) is 7.05 Å². The number of halogens is 3. The van der Waals surface area contributed by atoms with E-state index in [4.69, 9.17) is 0 Å². The van der Waals surface area contributed by atoms with Gasteiger partial charge in [-0.2, -0.15) is 13.2 Å². The van der Waals surface area contributed by atoms with Crippen molar-refractivity contribution >= 4 is 5.91 Å². The maximum atomic E-state index is 11.7. The topological polar surface area (TPSA) is 32.3 Å². The molecule has 0 aromatic carbocycles. The summed E-state index contributed by atoms with van der Waals surface area (Å²) in [5.41, 5.74) is 0. The van der Waals surface area contributed by atoms with Crippen LogP contribution >= 0.6 is 0 Å². The SMILES string of the molecule is CNC1CN(C(=O)C(F)(F)F)C1. The minimum Gasteiger partial charge on any atom is -0.332 e. The Morgan fingerprint density at radius 1 is 1.50 bits per heavy atom. The summed E-state index contributed by atoms with van der Waals surface area (Å²) in [5.74, 6) is -1.74. The molecule has 1 aliphatic rings. The monoisotopic (exact) mass is 182 g/mol. The van der Waals surface area contributed by atoms with Crippen LogP contribution in [0.4, 0.5) is 13.2 Å². The largest absolute Gasteiger partial charge is 0.471 e. The zero-order valence-corrected chi connectivity index (χ0v) is 6.48. The summed E-state index contributed by atoms with van der Waals surface area (Å²) in [7, 11) is 1.65. The molecule has 0 saturated carbocycles. The summed E-state index contributed by atoms with van der Waals surface area (Å²) in [4.78, 5) is 11.3. The molecule has 1 aliphatic heterocycles. The number of hydrogen-bond acceptors (Lipinski definition) is 2. The molecule has 1 rings (SSSR count). The maximum Gasteiger partial charge on any atom is 0.471 e. The molecule has 1 amide bonds. The molecule has 12 heavy (non-hydrogen) atoms. The molecule has 0 bridgehead atoms. The van der Waals surface area contributed by atoms with Crippen LogP contribution in [-0.2, 0) is 4.79 Å². The molecule has 0 spiro atoms. The molecule has 0 atom stereocenters. The van der Waals surface area contributed by atoms with E-state index in [1.54, 1.807) is 7.05 Å². The molecule has 1 saturated heterocycles.